The van der Waals surface area contributed by atoms with E-state index in [1.54, 1.807) is 10.9 Å². The number of aryl methyl sites for hydroxylation is 1. The number of hydrogen-bond acceptors (Lipinski definition) is 4. The van der Waals surface area contributed by atoms with Crippen LogP contribution in [0.4, 0.5) is 0 Å². The Bertz CT molecular complexity index is 513. The number of esters is 1. The molecule has 6 heteroatoms. The molecule has 0 amide bonds. The summed E-state index contributed by atoms with van der Waals surface area (Å²) >= 11 is 3.60. The summed E-state index contributed by atoms with van der Waals surface area (Å²) in [5.74, 6) is -0.298. The zero-order valence-electron chi connectivity index (χ0n) is 8.73. The Morgan fingerprint density at radius 3 is 2.94 bits per heavy atom. The van der Waals surface area contributed by atoms with E-state index in [9.17, 15) is 4.79 Å². The number of ether oxygens (including phenoxy) is 1. The molecule has 0 aromatic carbocycles. The SMILES string of the molecule is COC(=O)c1cc(-c2c(I)cnn2C)cs1. The Labute approximate surface area is 110 Å². The molecule has 0 radical (unpaired) electrons. The van der Waals surface area contributed by atoms with E-state index in [-0.39, 0.29) is 5.97 Å². The minimum atomic E-state index is -0.298. The van der Waals surface area contributed by atoms with Gasteiger partial charge in [0, 0.05) is 18.0 Å². The van der Waals surface area contributed by atoms with Crippen molar-refractivity contribution in [3.8, 4) is 11.3 Å². The van der Waals surface area contributed by atoms with Crippen LogP contribution in [-0.4, -0.2) is 22.9 Å². The predicted octanol–water partition coefficient (Wildman–Crippen LogP) is 2.54. The van der Waals surface area contributed by atoms with E-state index in [2.05, 4.69) is 32.4 Å². The van der Waals surface area contributed by atoms with Crippen LogP contribution in [-0.2, 0) is 11.8 Å². The average molecular weight is 348 g/mol. The quantitative estimate of drug-likeness (QED) is 0.619. The second-order valence-corrected chi connectivity index (χ2v) is 5.23. The van der Waals surface area contributed by atoms with Gasteiger partial charge in [-0.15, -0.1) is 11.3 Å². The fourth-order valence-electron chi connectivity index (χ4n) is 1.40. The second kappa shape index (κ2) is 4.54. The zero-order valence-corrected chi connectivity index (χ0v) is 11.7. The minimum Gasteiger partial charge on any atom is -0.465 e. The van der Waals surface area contributed by atoms with Crippen LogP contribution in [0.2, 0.25) is 0 Å². The molecule has 16 heavy (non-hydrogen) atoms. The number of halogens is 1. The van der Waals surface area contributed by atoms with Crippen molar-refractivity contribution in [2.24, 2.45) is 7.05 Å². The molecule has 0 fully saturated rings. The number of thiophene rings is 1. The summed E-state index contributed by atoms with van der Waals surface area (Å²) < 4.78 is 7.54. The Morgan fingerprint density at radius 2 is 2.38 bits per heavy atom. The number of aromatic nitrogens is 2. The molecule has 0 atom stereocenters. The van der Waals surface area contributed by atoms with E-state index in [0.29, 0.717) is 4.88 Å². The summed E-state index contributed by atoms with van der Waals surface area (Å²) in [6, 6.07) is 1.83. The molecule has 2 aromatic heterocycles. The Balaban J connectivity index is 2.43. The molecule has 0 saturated carbocycles. The van der Waals surface area contributed by atoms with Gasteiger partial charge < -0.3 is 4.74 Å². The Hall–Kier alpha value is -0.890. The van der Waals surface area contributed by atoms with Crippen LogP contribution in [0, 0.1) is 3.57 Å². The average Bonchev–Trinajstić information content (AvgIpc) is 2.85. The third kappa shape index (κ3) is 1.99. The molecule has 0 saturated heterocycles. The third-order valence-corrected chi connectivity index (χ3v) is 3.85. The molecule has 0 bridgehead atoms. The number of carbonyl (C=O) groups is 1. The van der Waals surface area contributed by atoms with Gasteiger partial charge in [0.15, 0.2) is 0 Å². The van der Waals surface area contributed by atoms with Crippen molar-refractivity contribution in [2.75, 3.05) is 7.11 Å². The van der Waals surface area contributed by atoms with Crippen molar-refractivity contribution in [3.05, 3.63) is 26.1 Å². The highest BCUT2D eigenvalue weighted by molar-refractivity contribution is 14.1. The third-order valence-electron chi connectivity index (χ3n) is 2.15. The van der Waals surface area contributed by atoms with Gasteiger partial charge in [-0.25, -0.2) is 4.79 Å². The molecular weight excluding hydrogens is 339 g/mol. The molecule has 0 aliphatic rings. The monoisotopic (exact) mass is 348 g/mol. The van der Waals surface area contributed by atoms with E-state index in [1.807, 2.05) is 18.5 Å². The van der Waals surface area contributed by atoms with Gasteiger partial charge in [0.2, 0.25) is 0 Å². The Morgan fingerprint density at radius 1 is 1.62 bits per heavy atom. The molecule has 2 rings (SSSR count). The molecule has 2 aromatic rings. The summed E-state index contributed by atoms with van der Waals surface area (Å²) in [5.41, 5.74) is 2.02. The number of carbonyl (C=O) groups excluding carboxylic acids is 1. The normalized spacial score (nSPS) is 10.4. The minimum absolute atomic E-state index is 0.298. The summed E-state index contributed by atoms with van der Waals surface area (Å²) in [6.07, 6.45) is 1.80. The smallest absolute Gasteiger partial charge is 0.348 e. The maximum atomic E-state index is 11.3. The van der Waals surface area contributed by atoms with Crippen molar-refractivity contribution in [3.63, 3.8) is 0 Å². The van der Waals surface area contributed by atoms with E-state index >= 15 is 0 Å². The summed E-state index contributed by atoms with van der Waals surface area (Å²) in [4.78, 5) is 11.9. The first-order valence-electron chi connectivity index (χ1n) is 4.48. The van der Waals surface area contributed by atoms with E-state index in [4.69, 9.17) is 0 Å². The molecule has 0 N–H and O–H groups in total. The molecule has 0 aliphatic carbocycles. The van der Waals surface area contributed by atoms with Crippen molar-refractivity contribution < 1.29 is 9.53 Å². The van der Waals surface area contributed by atoms with Crippen LogP contribution < -0.4 is 0 Å². The van der Waals surface area contributed by atoms with Crippen LogP contribution in [0.15, 0.2) is 17.6 Å². The van der Waals surface area contributed by atoms with Crippen LogP contribution in [0.3, 0.4) is 0 Å². The number of nitrogens with zero attached hydrogens (tertiary/aromatic N) is 2. The van der Waals surface area contributed by atoms with Gasteiger partial charge in [-0.05, 0) is 28.7 Å². The van der Waals surface area contributed by atoms with E-state index in [1.165, 1.54) is 18.4 Å². The van der Waals surface area contributed by atoms with Gasteiger partial charge in [0.1, 0.15) is 4.88 Å². The zero-order chi connectivity index (χ0) is 11.7. The van der Waals surface area contributed by atoms with Crippen LogP contribution >= 0.6 is 33.9 Å². The van der Waals surface area contributed by atoms with Crippen molar-refractivity contribution in [2.45, 2.75) is 0 Å². The lowest BCUT2D eigenvalue weighted by Crippen LogP contribution is -1.97. The van der Waals surface area contributed by atoms with Crippen LogP contribution in [0.5, 0.6) is 0 Å². The van der Waals surface area contributed by atoms with Gasteiger partial charge in [0.25, 0.3) is 0 Å². The van der Waals surface area contributed by atoms with Crippen LogP contribution in [0.1, 0.15) is 9.67 Å². The first kappa shape index (κ1) is 11.6. The van der Waals surface area contributed by atoms with Gasteiger partial charge in [0.05, 0.1) is 22.6 Å². The van der Waals surface area contributed by atoms with Gasteiger partial charge in [-0.2, -0.15) is 5.10 Å². The largest absolute Gasteiger partial charge is 0.465 e. The fourth-order valence-corrected chi connectivity index (χ4v) is 3.00. The first-order chi connectivity index (χ1) is 7.63. The summed E-state index contributed by atoms with van der Waals surface area (Å²) in [5, 5.41) is 6.10. The maximum absolute atomic E-state index is 11.3. The lowest BCUT2D eigenvalue weighted by molar-refractivity contribution is 0.0606. The van der Waals surface area contributed by atoms with E-state index in [0.717, 1.165) is 14.8 Å². The lowest BCUT2D eigenvalue weighted by atomic mass is 10.2. The van der Waals surface area contributed by atoms with Gasteiger partial charge >= 0.3 is 5.97 Å². The second-order valence-electron chi connectivity index (χ2n) is 3.16. The standard InChI is InChI=1S/C10H9IN2O2S/c1-13-9(7(11)4-12-13)6-3-8(16-5-6)10(14)15-2/h3-5H,1-2H3. The van der Waals surface area contributed by atoms with E-state index < -0.39 is 0 Å². The van der Waals surface area contributed by atoms with Gasteiger partial charge in [-0.3, -0.25) is 4.68 Å². The highest BCUT2D eigenvalue weighted by atomic mass is 127. The highest BCUT2D eigenvalue weighted by Gasteiger charge is 2.14. The summed E-state index contributed by atoms with van der Waals surface area (Å²) in [7, 11) is 3.27. The molecule has 84 valence electrons. The lowest BCUT2D eigenvalue weighted by Gasteiger charge is -1.98. The van der Waals surface area contributed by atoms with Crippen molar-refractivity contribution in [1.82, 2.24) is 9.78 Å². The van der Waals surface area contributed by atoms with Gasteiger partial charge in [-0.1, -0.05) is 0 Å². The fraction of sp³-hybridized carbons (Fsp3) is 0.200. The molecule has 0 spiro atoms. The van der Waals surface area contributed by atoms with Crippen molar-refractivity contribution in [1.29, 1.82) is 0 Å². The molecule has 4 nitrogen and oxygen atoms in total. The molecule has 0 aliphatic heterocycles. The van der Waals surface area contributed by atoms with Crippen LogP contribution in [0.25, 0.3) is 11.3 Å². The topological polar surface area (TPSA) is 44.1 Å². The molecular formula is C10H9IN2O2S. The number of hydrogen-bond donors (Lipinski definition) is 0. The highest BCUT2D eigenvalue weighted by Crippen LogP contribution is 2.29. The van der Waals surface area contributed by atoms with Crippen molar-refractivity contribution >= 4 is 39.9 Å². The predicted molar refractivity (Wildman–Crippen MR) is 70.6 cm³/mol. The summed E-state index contributed by atoms with van der Waals surface area (Å²) in [6.45, 7) is 0. The molecule has 0 unspecified atom stereocenters. The first-order valence-corrected chi connectivity index (χ1v) is 6.44. The maximum Gasteiger partial charge on any atom is 0.348 e. The Kier molecular flexibility index (Phi) is 3.29. The number of methoxy groups -OCH3 is 1. The number of rotatable bonds is 2. The molecule has 2 heterocycles.